The number of amides is 1. The van der Waals surface area contributed by atoms with Gasteiger partial charge in [-0.25, -0.2) is 0 Å². The van der Waals surface area contributed by atoms with E-state index < -0.39 is 0 Å². The third-order valence-electron chi connectivity index (χ3n) is 5.75. The molecule has 5 rings (SSSR count). The van der Waals surface area contributed by atoms with Gasteiger partial charge in [-0.05, 0) is 63.2 Å². The van der Waals surface area contributed by atoms with Gasteiger partial charge in [-0.15, -0.1) is 0 Å². The summed E-state index contributed by atoms with van der Waals surface area (Å²) in [7, 11) is 0. The second-order valence-electron chi connectivity index (χ2n) is 7.26. The fraction of sp³-hybridized carbons (Fsp3) is 0.733. The van der Waals surface area contributed by atoms with Gasteiger partial charge in [-0.1, -0.05) is 0 Å². The molecule has 4 aliphatic carbocycles. The number of hydrogen-bond donors (Lipinski definition) is 3. The fourth-order valence-electron chi connectivity index (χ4n) is 5.16. The normalized spacial score (nSPS) is 38.1. The van der Waals surface area contributed by atoms with Gasteiger partial charge in [0.15, 0.2) is 5.82 Å². The molecule has 4 fully saturated rings. The highest BCUT2D eigenvalue weighted by Crippen LogP contribution is 2.60. The minimum atomic E-state index is -0.145. The van der Waals surface area contributed by atoms with Gasteiger partial charge in [0.1, 0.15) is 0 Å². The van der Waals surface area contributed by atoms with Crippen LogP contribution >= 0.6 is 0 Å². The zero-order valence-electron chi connectivity index (χ0n) is 11.9. The first kappa shape index (κ1) is 12.2. The van der Waals surface area contributed by atoms with Crippen molar-refractivity contribution in [3.8, 4) is 0 Å². The van der Waals surface area contributed by atoms with Crippen LogP contribution in [0.1, 0.15) is 44.2 Å². The van der Waals surface area contributed by atoms with E-state index in [9.17, 15) is 4.79 Å². The van der Waals surface area contributed by atoms with Crippen LogP contribution in [0.4, 0.5) is 11.5 Å². The molecule has 5 heteroatoms. The van der Waals surface area contributed by atoms with Crippen molar-refractivity contribution in [2.45, 2.75) is 45.4 Å². The van der Waals surface area contributed by atoms with E-state index >= 15 is 0 Å². The Kier molecular flexibility index (Phi) is 2.44. The predicted molar refractivity (Wildman–Crippen MR) is 77.0 cm³/mol. The van der Waals surface area contributed by atoms with Crippen LogP contribution in [0, 0.1) is 30.1 Å². The number of nitrogens with one attached hydrogen (secondary N) is 2. The molecule has 0 atom stereocenters. The van der Waals surface area contributed by atoms with Crippen molar-refractivity contribution in [1.82, 2.24) is 10.2 Å². The van der Waals surface area contributed by atoms with E-state index in [1.54, 1.807) is 0 Å². The van der Waals surface area contributed by atoms with Gasteiger partial charge >= 0.3 is 0 Å². The molecule has 0 spiro atoms. The van der Waals surface area contributed by atoms with E-state index in [-0.39, 0.29) is 11.3 Å². The number of aryl methyl sites for hydroxylation is 1. The Labute approximate surface area is 118 Å². The summed E-state index contributed by atoms with van der Waals surface area (Å²) in [5.74, 6) is 2.96. The largest absolute Gasteiger partial charge is 0.394 e. The van der Waals surface area contributed by atoms with Crippen molar-refractivity contribution in [1.29, 1.82) is 0 Å². The van der Waals surface area contributed by atoms with Crippen LogP contribution in [0.5, 0.6) is 0 Å². The molecule has 1 aromatic heterocycles. The second kappa shape index (κ2) is 3.99. The third-order valence-corrected chi connectivity index (χ3v) is 5.75. The van der Waals surface area contributed by atoms with Crippen LogP contribution in [0.3, 0.4) is 0 Å². The van der Waals surface area contributed by atoms with Crippen molar-refractivity contribution >= 4 is 17.4 Å². The topological polar surface area (TPSA) is 83.8 Å². The lowest BCUT2D eigenvalue weighted by atomic mass is 9.49. The Balaban J connectivity index is 1.58. The zero-order valence-corrected chi connectivity index (χ0v) is 11.9. The Morgan fingerprint density at radius 1 is 1.25 bits per heavy atom. The van der Waals surface area contributed by atoms with Crippen LogP contribution in [0.25, 0.3) is 0 Å². The van der Waals surface area contributed by atoms with Gasteiger partial charge in [0.05, 0.1) is 16.8 Å². The van der Waals surface area contributed by atoms with Crippen LogP contribution < -0.4 is 11.1 Å². The SMILES string of the molecule is Cc1[nH]nc(NC(=O)C23CC4CC(CC(C4)C2)C3)c1N. The molecule has 4 N–H and O–H groups in total. The molecular weight excluding hydrogens is 252 g/mol. The van der Waals surface area contributed by atoms with E-state index in [0.717, 1.165) is 42.7 Å². The van der Waals surface area contributed by atoms with Crippen LogP contribution in [-0.2, 0) is 4.79 Å². The van der Waals surface area contributed by atoms with E-state index in [0.29, 0.717) is 11.5 Å². The van der Waals surface area contributed by atoms with Gasteiger partial charge in [-0.3, -0.25) is 9.89 Å². The molecule has 1 amide bonds. The maximum absolute atomic E-state index is 12.8. The number of nitrogens with zero attached hydrogens (tertiary/aromatic N) is 1. The maximum Gasteiger partial charge on any atom is 0.231 e. The quantitative estimate of drug-likeness (QED) is 0.774. The van der Waals surface area contributed by atoms with Gasteiger partial charge in [0, 0.05) is 0 Å². The first-order valence-corrected chi connectivity index (χ1v) is 7.67. The molecule has 0 aromatic carbocycles. The summed E-state index contributed by atoms with van der Waals surface area (Å²) in [6.45, 7) is 1.86. The average Bonchev–Trinajstić information content (AvgIpc) is 2.69. The number of carbonyl (C=O) groups excluding carboxylic acids is 1. The molecular formula is C15H22N4O. The Hall–Kier alpha value is -1.52. The number of aromatic amines is 1. The van der Waals surface area contributed by atoms with Crippen molar-refractivity contribution in [2.75, 3.05) is 11.1 Å². The number of aromatic nitrogens is 2. The standard InChI is InChI=1S/C15H22N4O/c1-8-12(16)13(19-18-8)17-14(20)15-5-9-2-10(6-15)4-11(3-9)7-15/h9-11H,2-7,16H2,1H3,(H2,17,18,19,20). The van der Waals surface area contributed by atoms with Gasteiger partial charge < -0.3 is 11.1 Å². The Bertz CT molecular complexity index is 527. The van der Waals surface area contributed by atoms with E-state index in [2.05, 4.69) is 15.5 Å². The highest BCUT2D eigenvalue weighted by atomic mass is 16.2. The second-order valence-corrected chi connectivity index (χ2v) is 7.26. The summed E-state index contributed by atoms with van der Waals surface area (Å²) in [4.78, 5) is 12.8. The molecule has 1 aromatic rings. The van der Waals surface area contributed by atoms with Gasteiger partial charge in [0.25, 0.3) is 0 Å². The monoisotopic (exact) mass is 274 g/mol. The number of nitrogen functional groups attached to an aromatic ring is 1. The van der Waals surface area contributed by atoms with E-state index in [1.165, 1.54) is 19.3 Å². The molecule has 1 heterocycles. The summed E-state index contributed by atoms with van der Waals surface area (Å²) >= 11 is 0. The van der Waals surface area contributed by atoms with Crippen LogP contribution in [0.15, 0.2) is 0 Å². The molecule has 20 heavy (non-hydrogen) atoms. The number of hydrogen-bond acceptors (Lipinski definition) is 3. The summed E-state index contributed by atoms with van der Waals surface area (Å²) in [5, 5.41) is 9.91. The lowest BCUT2D eigenvalue weighted by molar-refractivity contribution is -0.140. The number of rotatable bonds is 2. The average molecular weight is 274 g/mol. The van der Waals surface area contributed by atoms with Crippen LogP contribution in [-0.4, -0.2) is 16.1 Å². The molecule has 0 unspecified atom stereocenters. The number of anilines is 2. The number of carbonyl (C=O) groups is 1. The Morgan fingerprint density at radius 3 is 2.25 bits per heavy atom. The summed E-state index contributed by atoms with van der Waals surface area (Å²) in [6.07, 6.45) is 7.22. The lowest BCUT2D eigenvalue weighted by Gasteiger charge is -2.55. The molecule has 5 nitrogen and oxygen atoms in total. The molecule has 4 bridgehead atoms. The molecule has 4 saturated carbocycles. The summed E-state index contributed by atoms with van der Waals surface area (Å²) in [5.41, 5.74) is 7.16. The van der Waals surface area contributed by atoms with Crippen molar-refractivity contribution in [3.63, 3.8) is 0 Å². The minimum absolute atomic E-state index is 0.145. The van der Waals surface area contributed by atoms with Crippen LogP contribution in [0.2, 0.25) is 0 Å². The fourth-order valence-corrected chi connectivity index (χ4v) is 5.16. The molecule has 0 radical (unpaired) electrons. The molecule has 0 saturated heterocycles. The van der Waals surface area contributed by atoms with Gasteiger partial charge in [0.2, 0.25) is 5.91 Å². The lowest BCUT2D eigenvalue weighted by Crippen LogP contribution is -2.51. The number of H-pyrrole nitrogens is 1. The molecule has 108 valence electrons. The van der Waals surface area contributed by atoms with E-state index in [1.807, 2.05) is 6.92 Å². The first-order valence-electron chi connectivity index (χ1n) is 7.67. The highest BCUT2D eigenvalue weighted by Gasteiger charge is 2.54. The summed E-state index contributed by atoms with van der Waals surface area (Å²) < 4.78 is 0. The van der Waals surface area contributed by atoms with Crippen molar-refractivity contribution < 1.29 is 4.79 Å². The predicted octanol–water partition coefficient (Wildman–Crippen LogP) is 2.46. The first-order chi connectivity index (χ1) is 9.56. The molecule has 4 aliphatic rings. The van der Waals surface area contributed by atoms with Gasteiger partial charge in [-0.2, -0.15) is 5.10 Å². The van der Waals surface area contributed by atoms with Crippen molar-refractivity contribution in [3.05, 3.63) is 5.69 Å². The third kappa shape index (κ3) is 1.68. The maximum atomic E-state index is 12.8. The number of nitrogens with two attached hydrogens (primary N) is 1. The zero-order chi connectivity index (χ0) is 13.9. The minimum Gasteiger partial charge on any atom is -0.394 e. The highest BCUT2D eigenvalue weighted by molar-refractivity contribution is 5.97. The van der Waals surface area contributed by atoms with Crippen molar-refractivity contribution in [2.24, 2.45) is 23.2 Å². The van der Waals surface area contributed by atoms with E-state index in [4.69, 9.17) is 5.73 Å². The smallest absolute Gasteiger partial charge is 0.231 e. The molecule has 0 aliphatic heterocycles. The Morgan fingerprint density at radius 2 is 1.80 bits per heavy atom. The summed E-state index contributed by atoms with van der Waals surface area (Å²) in [6, 6.07) is 0.